The predicted octanol–water partition coefficient (Wildman–Crippen LogP) is 1.10. The number of aliphatic hydroxyl groups is 1. The fourth-order valence-corrected chi connectivity index (χ4v) is 1.98. The number of hydrogen-bond acceptors (Lipinski definition) is 4. The van der Waals surface area contributed by atoms with E-state index in [2.05, 4.69) is 0 Å². The first-order valence-electron chi connectivity index (χ1n) is 3.69. The average Bonchev–Trinajstić information content (AvgIpc) is 2.61. The number of aliphatic hydroxyl groups excluding tert-OH is 1. The van der Waals surface area contributed by atoms with E-state index in [1.54, 1.807) is 0 Å². The third-order valence-electron chi connectivity index (χ3n) is 1.83. The van der Waals surface area contributed by atoms with Crippen LogP contribution in [-0.4, -0.2) is 17.2 Å². The van der Waals surface area contributed by atoms with Crippen molar-refractivity contribution in [1.29, 1.82) is 0 Å². The van der Waals surface area contributed by atoms with E-state index in [1.807, 2.05) is 17.5 Å². The predicted molar refractivity (Wildman–Crippen MR) is 43.8 cm³/mol. The number of carbonyl (C=O) groups excluding carboxylic acids is 1. The molecule has 0 amide bonds. The quantitative estimate of drug-likeness (QED) is 0.665. The lowest BCUT2D eigenvalue weighted by Gasteiger charge is -2.03. The molecule has 1 aromatic heterocycles. The van der Waals surface area contributed by atoms with Crippen molar-refractivity contribution in [2.75, 3.05) is 0 Å². The Labute approximate surface area is 73.6 Å². The summed E-state index contributed by atoms with van der Waals surface area (Å²) in [6.45, 7) is 0. The van der Waals surface area contributed by atoms with Gasteiger partial charge in [0.05, 0.1) is 0 Å². The second-order valence-electron chi connectivity index (χ2n) is 2.69. The van der Waals surface area contributed by atoms with Crippen molar-refractivity contribution in [3.05, 3.63) is 22.4 Å². The normalized spacial score (nSPS) is 28.9. The van der Waals surface area contributed by atoms with Crippen molar-refractivity contribution in [3.63, 3.8) is 0 Å². The van der Waals surface area contributed by atoms with E-state index >= 15 is 0 Å². The molecule has 2 heterocycles. The molecule has 1 aliphatic heterocycles. The molecule has 0 aliphatic carbocycles. The zero-order chi connectivity index (χ0) is 8.55. The monoisotopic (exact) mass is 184 g/mol. The van der Waals surface area contributed by atoms with E-state index in [4.69, 9.17) is 9.84 Å². The maximum absolute atomic E-state index is 10.8. The fraction of sp³-hybridized carbons (Fsp3) is 0.375. The minimum atomic E-state index is -0.933. The first kappa shape index (κ1) is 7.76. The number of ether oxygens (including phenoxy) is 1. The highest BCUT2D eigenvalue weighted by atomic mass is 32.1. The van der Waals surface area contributed by atoms with Gasteiger partial charge >= 0.3 is 5.97 Å². The third kappa shape index (κ3) is 1.23. The van der Waals surface area contributed by atoms with Crippen LogP contribution in [0.1, 0.15) is 17.4 Å². The van der Waals surface area contributed by atoms with Gasteiger partial charge in [0.15, 0.2) is 6.10 Å². The molecule has 64 valence electrons. The summed E-state index contributed by atoms with van der Waals surface area (Å²) >= 11 is 1.54. The minimum absolute atomic E-state index is 0.229. The zero-order valence-corrected chi connectivity index (χ0v) is 7.08. The molecule has 1 aliphatic rings. The highest BCUT2D eigenvalue weighted by Crippen LogP contribution is 2.32. The van der Waals surface area contributed by atoms with Gasteiger partial charge in [-0.05, 0) is 11.4 Å². The Balaban J connectivity index is 2.14. The Morgan fingerprint density at radius 2 is 2.50 bits per heavy atom. The summed E-state index contributed by atoms with van der Waals surface area (Å²) in [7, 11) is 0. The lowest BCUT2D eigenvalue weighted by Crippen LogP contribution is -2.11. The van der Waals surface area contributed by atoms with Crippen LogP contribution < -0.4 is 0 Å². The van der Waals surface area contributed by atoms with E-state index in [0.717, 1.165) is 4.88 Å². The van der Waals surface area contributed by atoms with E-state index in [1.165, 1.54) is 11.3 Å². The first-order valence-corrected chi connectivity index (χ1v) is 4.57. The number of esters is 1. The molecule has 1 aromatic rings. The molecule has 0 spiro atoms. The summed E-state index contributed by atoms with van der Waals surface area (Å²) in [5, 5.41) is 11.0. The van der Waals surface area contributed by atoms with Crippen molar-refractivity contribution in [2.45, 2.75) is 18.6 Å². The Hall–Kier alpha value is -0.870. The maximum Gasteiger partial charge on any atom is 0.335 e. The maximum atomic E-state index is 10.8. The van der Waals surface area contributed by atoms with Crippen LogP contribution in [0.5, 0.6) is 0 Å². The van der Waals surface area contributed by atoms with Crippen molar-refractivity contribution in [2.24, 2.45) is 0 Å². The van der Waals surface area contributed by atoms with Gasteiger partial charge in [0.25, 0.3) is 0 Å². The van der Waals surface area contributed by atoms with Crippen LogP contribution in [0.4, 0.5) is 0 Å². The van der Waals surface area contributed by atoms with Crippen LogP contribution >= 0.6 is 11.3 Å². The SMILES string of the molecule is O=C1O[C@H](c2cccs2)C[C@@H]1O. The largest absolute Gasteiger partial charge is 0.455 e. The van der Waals surface area contributed by atoms with E-state index in [-0.39, 0.29) is 6.10 Å². The highest BCUT2D eigenvalue weighted by molar-refractivity contribution is 7.10. The van der Waals surface area contributed by atoms with Gasteiger partial charge in [-0.25, -0.2) is 4.79 Å². The summed E-state index contributed by atoms with van der Waals surface area (Å²) < 4.78 is 4.94. The summed E-state index contributed by atoms with van der Waals surface area (Å²) in [4.78, 5) is 11.8. The molecule has 0 radical (unpaired) electrons. The Morgan fingerprint density at radius 3 is 3.00 bits per heavy atom. The average molecular weight is 184 g/mol. The lowest BCUT2D eigenvalue weighted by molar-refractivity contribution is -0.147. The number of rotatable bonds is 1. The summed E-state index contributed by atoms with van der Waals surface area (Å²) in [5.74, 6) is -0.506. The van der Waals surface area contributed by atoms with E-state index in [9.17, 15) is 4.79 Å². The Bertz CT molecular complexity index is 281. The third-order valence-corrected chi connectivity index (χ3v) is 2.79. The van der Waals surface area contributed by atoms with Crippen molar-refractivity contribution in [3.8, 4) is 0 Å². The first-order chi connectivity index (χ1) is 5.77. The molecule has 2 atom stereocenters. The molecule has 1 saturated heterocycles. The van der Waals surface area contributed by atoms with Gasteiger partial charge < -0.3 is 9.84 Å². The van der Waals surface area contributed by atoms with Gasteiger partial charge in [0.2, 0.25) is 0 Å². The van der Waals surface area contributed by atoms with Crippen molar-refractivity contribution < 1.29 is 14.6 Å². The molecule has 0 unspecified atom stereocenters. The molecular weight excluding hydrogens is 176 g/mol. The van der Waals surface area contributed by atoms with Gasteiger partial charge in [0.1, 0.15) is 6.10 Å². The minimum Gasteiger partial charge on any atom is -0.455 e. The van der Waals surface area contributed by atoms with Crippen molar-refractivity contribution in [1.82, 2.24) is 0 Å². The number of cyclic esters (lactones) is 1. The fourth-order valence-electron chi connectivity index (χ4n) is 1.21. The van der Waals surface area contributed by atoms with Gasteiger partial charge in [-0.1, -0.05) is 6.07 Å². The number of hydrogen-bond donors (Lipinski definition) is 1. The molecule has 0 bridgehead atoms. The van der Waals surface area contributed by atoms with Crippen LogP contribution in [0.25, 0.3) is 0 Å². The Kier molecular flexibility index (Phi) is 1.86. The summed E-state index contributed by atoms with van der Waals surface area (Å²) in [5.41, 5.74) is 0. The molecule has 0 aromatic carbocycles. The van der Waals surface area contributed by atoms with E-state index in [0.29, 0.717) is 6.42 Å². The highest BCUT2D eigenvalue weighted by Gasteiger charge is 2.34. The second kappa shape index (κ2) is 2.88. The topological polar surface area (TPSA) is 46.5 Å². The van der Waals surface area contributed by atoms with Crippen molar-refractivity contribution >= 4 is 17.3 Å². The number of thiophene rings is 1. The second-order valence-corrected chi connectivity index (χ2v) is 3.67. The van der Waals surface area contributed by atoms with Gasteiger partial charge in [-0.15, -0.1) is 11.3 Å². The molecule has 1 fully saturated rings. The van der Waals surface area contributed by atoms with Crippen LogP contribution in [0.2, 0.25) is 0 Å². The van der Waals surface area contributed by atoms with Gasteiger partial charge in [-0.2, -0.15) is 0 Å². The zero-order valence-electron chi connectivity index (χ0n) is 6.27. The summed E-state index contributed by atoms with van der Waals surface area (Å²) in [6, 6.07) is 3.80. The van der Waals surface area contributed by atoms with Crippen LogP contribution in [0.15, 0.2) is 17.5 Å². The molecule has 4 heteroatoms. The Morgan fingerprint density at radius 1 is 1.67 bits per heavy atom. The molecule has 1 N–H and O–H groups in total. The lowest BCUT2D eigenvalue weighted by atomic mass is 10.2. The van der Waals surface area contributed by atoms with E-state index < -0.39 is 12.1 Å². The molecule has 0 saturated carbocycles. The molecule has 2 rings (SSSR count). The standard InChI is InChI=1S/C8H8O3S/c9-5-4-6(11-8(5)10)7-2-1-3-12-7/h1-3,5-6,9H,4H2/t5-,6-/m0/s1. The summed E-state index contributed by atoms with van der Waals surface area (Å²) in [6.07, 6.45) is -0.774. The number of carbonyl (C=O) groups is 1. The van der Waals surface area contributed by atoms with Gasteiger partial charge in [-0.3, -0.25) is 0 Å². The smallest absolute Gasteiger partial charge is 0.335 e. The molecular formula is C8H8O3S. The molecule has 12 heavy (non-hydrogen) atoms. The van der Waals surface area contributed by atoms with Gasteiger partial charge in [0, 0.05) is 11.3 Å². The molecule has 3 nitrogen and oxygen atoms in total. The van der Waals surface area contributed by atoms with Crippen LogP contribution in [0, 0.1) is 0 Å². The van der Waals surface area contributed by atoms with Crippen LogP contribution in [-0.2, 0) is 9.53 Å². The van der Waals surface area contributed by atoms with Crippen LogP contribution in [0.3, 0.4) is 0 Å².